The predicted octanol–water partition coefficient (Wildman–Crippen LogP) is 2.42. The monoisotopic (exact) mass is 296 g/mol. The third-order valence-corrected chi connectivity index (χ3v) is 3.88. The molecule has 1 aromatic rings. The molecule has 0 aliphatic heterocycles. The lowest BCUT2D eigenvalue weighted by Gasteiger charge is -2.25. The molecular formula is C15H21ClN2O2. The number of nitrogens with one attached hydrogen (secondary N) is 2. The largest absolute Gasteiger partial charge is 0.393 e. The summed E-state index contributed by atoms with van der Waals surface area (Å²) in [6, 6.07) is 7.11. The van der Waals surface area contributed by atoms with Gasteiger partial charge in [-0.15, -0.1) is 0 Å². The van der Waals surface area contributed by atoms with E-state index in [0.717, 1.165) is 32.2 Å². The van der Waals surface area contributed by atoms with Crippen molar-refractivity contribution in [2.45, 2.75) is 31.8 Å². The van der Waals surface area contributed by atoms with Crippen molar-refractivity contribution in [1.82, 2.24) is 5.32 Å². The second-order valence-corrected chi connectivity index (χ2v) is 5.80. The van der Waals surface area contributed by atoms with Gasteiger partial charge in [0.05, 0.1) is 12.6 Å². The number of anilines is 1. The summed E-state index contributed by atoms with van der Waals surface area (Å²) in [6.45, 7) is 1.13. The van der Waals surface area contributed by atoms with Crippen LogP contribution < -0.4 is 10.6 Å². The predicted molar refractivity (Wildman–Crippen MR) is 80.9 cm³/mol. The van der Waals surface area contributed by atoms with Crippen molar-refractivity contribution in [2.75, 3.05) is 18.4 Å². The summed E-state index contributed by atoms with van der Waals surface area (Å²) in [5.74, 6) is 0.500. The van der Waals surface area contributed by atoms with E-state index in [0.29, 0.717) is 23.2 Å². The Balaban J connectivity index is 1.65. The first-order valence-electron chi connectivity index (χ1n) is 7.07. The van der Waals surface area contributed by atoms with Gasteiger partial charge in [0, 0.05) is 10.7 Å². The molecule has 0 spiro atoms. The van der Waals surface area contributed by atoms with Crippen LogP contribution in [0, 0.1) is 5.92 Å². The molecule has 0 bridgehead atoms. The zero-order valence-electron chi connectivity index (χ0n) is 11.4. The van der Waals surface area contributed by atoms with E-state index in [-0.39, 0.29) is 12.0 Å². The van der Waals surface area contributed by atoms with E-state index in [9.17, 15) is 9.90 Å². The summed E-state index contributed by atoms with van der Waals surface area (Å²) >= 11 is 5.86. The molecule has 0 aromatic heterocycles. The maximum absolute atomic E-state index is 11.8. The average molecular weight is 297 g/mol. The second kappa shape index (κ2) is 7.62. The number of hydrogen-bond acceptors (Lipinski definition) is 3. The molecular weight excluding hydrogens is 276 g/mol. The minimum absolute atomic E-state index is 0.0666. The van der Waals surface area contributed by atoms with Gasteiger partial charge >= 0.3 is 0 Å². The maximum atomic E-state index is 11.8. The molecule has 20 heavy (non-hydrogen) atoms. The van der Waals surface area contributed by atoms with Gasteiger partial charge < -0.3 is 15.7 Å². The van der Waals surface area contributed by atoms with Gasteiger partial charge in [-0.3, -0.25) is 4.79 Å². The molecule has 2 rings (SSSR count). The maximum Gasteiger partial charge on any atom is 0.238 e. The van der Waals surface area contributed by atoms with E-state index >= 15 is 0 Å². The fourth-order valence-corrected chi connectivity index (χ4v) is 2.70. The summed E-state index contributed by atoms with van der Waals surface area (Å²) in [5.41, 5.74) is 0.713. The van der Waals surface area contributed by atoms with Crippen LogP contribution in [0.15, 0.2) is 24.3 Å². The van der Waals surface area contributed by atoms with Crippen molar-refractivity contribution in [3.8, 4) is 0 Å². The minimum Gasteiger partial charge on any atom is -0.393 e. The normalized spacial score (nSPS) is 22.5. The summed E-state index contributed by atoms with van der Waals surface area (Å²) in [4.78, 5) is 11.8. The SMILES string of the molecule is O=C(CNCC1CCC(O)CC1)Nc1cccc(Cl)c1. The van der Waals surface area contributed by atoms with E-state index in [1.54, 1.807) is 18.2 Å². The first-order valence-corrected chi connectivity index (χ1v) is 7.45. The Labute approximate surface area is 124 Å². The van der Waals surface area contributed by atoms with Crippen LogP contribution in [0.2, 0.25) is 5.02 Å². The summed E-state index contributed by atoms with van der Waals surface area (Å²) < 4.78 is 0. The molecule has 1 saturated carbocycles. The van der Waals surface area contributed by atoms with Crippen LogP contribution in [0.5, 0.6) is 0 Å². The van der Waals surface area contributed by atoms with Crippen molar-refractivity contribution >= 4 is 23.2 Å². The topological polar surface area (TPSA) is 61.4 Å². The molecule has 5 heteroatoms. The molecule has 1 amide bonds. The highest BCUT2D eigenvalue weighted by molar-refractivity contribution is 6.30. The van der Waals surface area contributed by atoms with Crippen LogP contribution >= 0.6 is 11.6 Å². The smallest absolute Gasteiger partial charge is 0.238 e. The first kappa shape index (κ1) is 15.3. The van der Waals surface area contributed by atoms with Gasteiger partial charge in [-0.2, -0.15) is 0 Å². The fraction of sp³-hybridized carbons (Fsp3) is 0.533. The van der Waals surface area contributed by atoms with Crippen LogP contribution in [-0.2, 0) is 4.79 Å². The quantitative estimate of drug-likeness (QED) is 0.782. The number of carbonyl (C=O) groups is 1. The molecule has 1 aliphatic carbocycles. The Morgan fingerprint density at radius 2 is 2.05 bits per heavy atom. The number of halogens is 1. The molecule has 0 heterocycles. The van der Waals surface area contributed by atoms with E-state index in [2.05, 4.69) is 10.6 Å². The summed E-state index contributed by atoms with van der Waals surface area (Å²) in [5, 5.41) is 16.0. The van der Waals surface area contributed by atoms with Crippen molar-refractivity contribution in [3.63, 3.8) is 0 Å². The van der Waals surface area contributed by atoms with Crippen LogP contribution in [0.25, 0.3) is 0 Å². The molecule has 0 atom stereocenters. The lowest BCUT2D eigenvalue weighted by molar-refractivity contribution is -0.115. The van der Waals surface area contributed by atoms with Gasteiger partial charge in [-0.1, -0.05) is 17.7 Å². The molecule has 110 valence electrons. The Hall–Kier alpha value is -1.10. The van der Waals surface area contributed by atoms with Crippen molar-refractivity contribution in [1.29, 1.82) is 0 Å². The number of hydrogen-bond donors (Lipinski definition) is 3. The lowest BCUT2D eigenvalue weighted by atomic mass is 9.87. The second-order valence-electron chi connectivity index (χ2n) is 5.36. The van der Waals surface area contributed by atoms with Crippen LogP contribution in [-0.4, -0.2) is 30.2 Å². The van der Waals surface area contributed by atoms with Gasteiger partial charge in [0.1, 0.15) is 0 Å². The zero-order valence-corrected chi connectivity index (χ0v) is 12.2. The molecule has 0 saturated heterocycles. The average Bonchev–Trinajstić information content (AvgIpc) is 2.41. The number of carbonyl (C=O) groups excluding carboxylic acids is 1. The fourth-order valence-electron chi connectivity index (χ4n) is 2.51. The number of benzene rings is 1. The van der Waals surface area contributed by atoms with Gasteiger partial charge in [-0.25, -0.2) is 0 Å². The number of amides is 1. The van der Waals surface area contributed by atoms with Gasteiger partial charge in [0.15, 0.2) is 0 Å². The van der Waals surface area contributed by atoms with E-state index < -0.39 is 0 Å². The first-order chi connectivity index (χ1) is 9.63. The third kappa shape index (κ3) is 5.12. The minimum atomic E-state index is -0.127. The highest BCUT2D eigenvalue weighted by atomic mass is 35.5. The van der Waals surface area contributed by atoms with Crippen molar-refractivity contribution in [3.05, 3.63) is 29.3 Å². The van der Waals surface area contributed by atoms with Crippen molar-refractivity contribution < 1.29 is 9.90 Å². The Morgan fingerprint density at radius 3 is 2.75 bits per heavy atom. The van der Waals surface area contributed by atoms with Crippen molar-refractivity contribution in [2.24, 2.45) is 5.92 Å². The number of aliphatic hydroxyl groups excluding tert-OH is 1. The zero-order chi connectivity index (χ0) is 14.4. The standard InChI is InChI=1S/C15H21ClN2O2/c16-12-2-1-3-13(8-12)18-15(20)10-17-9-11-4-6-14(19)7-5-11/h1-3,8,11,14,17,19H,4-7,9-10H2,(H,18,20). The van der Waals surface area contributed by atoms with E-state index in [4.69, 9.17) is 11.6 Å². The van der Waals surface area contributed by atoms with Crippen LogP contribution in [0.4, 0.5) is 5.69 Å². The lowest BCUT2D eigenvalue weighted by Crippen LogP contribution is -2.33. The van der Waals surface area contributed by atoms with E-state index in [1.807, 2.05) is 6.07 Å². The Kier molecular flexibility index (Phi) is 5.83. The highest BCUT2D eigenvalue weighted by Crippen LogP contribution is 2.23. The van der Waals surface area contributed by atoms with Gasteiger partial charge in [0.25, 0.3) is 0 Å². The van der Waals surface area contributed by atoms with Crippen LogP contribution in [0.1, 0.15) is 25.7 Å². The molecule has 0 radical (unpaired) electrons. The van der Waals surface area contributed by atoms with Gasteiger partial charge in [0.2, 0.25) is 5.91 Å². The molecule has 1 aromatic carbocycles. The molecule has 0 unspecified atom stereocenters. The van der Waals surface area contributed by atoms with Gasteiger partial charge in [-0.05, 0) is 56.3 Å². The Morgan fingerprint density at radius 1 is 1.30 bits per heavy atom. The third-order valence-electron chi connectivity index (χ3n) is 3.64. The Bertz CT molecular complexity index is 445. The molecule has 1 fully saturated rings. The molecule has 4 nitrogen and oxygen atoms in total. The summed E-state index contributed by atoms with van der Waals surface area (Å²) in [7, 11) is 0. The number of rotatable bonds is 5. The molecule has 3 N–H and O–H groups in total. The van der Waals surface area contributed by atoms with Crippen LogP contribution in [0.3, 0.4) is 0 Å². The van der Waals surface area contributed by atoms with E-state index in [1.165, 1.54) is 0 Å². The number of aliphatic hydroxyl groups is 1. The highest BCUT2D eigenvalue weighted by Gasteiger charge is 2.18. The molecule has 1 aliphatic rings. The summed E-state index contributed by atoms with van der Waals surface area (Å²) in [6.07, 6.45) is 3.69.